The number of halogens is 1. The van der Waals surface area contributed by atoms with E-state index in [4.69, 9.17) is 0 Å². The Morgan fingerprint density at radius 1 is 1.67 bits per heavy atom. The Hall–Kier alpha value is -0.600. The Morgan fingerprint density at radius 3 is 2.67 bits per heavy atom. The highest BCUT2D eigenvalue weighted by molar-refractivity contribution is 5.73. The van der Waals surface area contributed by atoms with E-state index in [1.165, 1.54) is 6.92 Å². The third kappa shape index (κ3) is 1.76. The summed E-state index contributed by atoms with van der Waals surface area (Å²) in [7, 11) is 0. The lowest BCUT2D eigenvalue weighted by atomic mass is 9.86. The lowest BCUT2D eigenvalue weighted by Gasteiger charge is -2.39. The number of piperidine rings is 1. The summed E-state index contributed by atoms with van der Waals surface area (Å²) < 4.78 is 13.7. The molecular weight excluding hydrogens is 157 g/mol. The molecule has 1 saturated heterocycles. The normalized spacial score (nSPS) is 36.7. The van der Waals surface area contributed by atoms with Gasteiger partial charge in [-0.05, 0) is 19.3 Å². The highest BCUT2D eigenvalue weighted by Gasteiger charge is 2.37. The smallest absolute Gasteiger partial charge is 0.219 e. The van der Waals surface area contributed by atoms with Crippen molar-refractivity contribution in [1.82, 2.24) is 4.90 Å². The van der Waals surface area contributed by atoms with Gasteiger partial charge in [0.2, 0.25) is 5.91 Å². The Kier molecular flexibility index (Phi) is 2.40. The van der Waals surface area contributed by atoms with Gasteiger partial charge in [0.15, 0.2) is 0 Å². The molecule has 3 heteroatoms. The van der Waals surface area contributed by atoms with Gasteiger partial charge < -0.3 is 4.90 Å². The summed E-state index contributed by atoms with van der Waals surface area (Å²) in [6.45, 7) is 5.93. The second kappa shape index (κ2) is 3.04. The van der Waals surface area contributed by atoms with E-state index in [1.807, 2.05) is 6.92 Å². The van der Waals surface area contributed by atoms with Crippen molar-refractivity contribution in [2.75, 3.05) is 13.1 Å². The predicted molar refractivity (Wildman–Crippen MR) is 45.5 cm³/mol. The topological polar surface area (TPSA) is 20.3 Å². The zero-order valence-corrected chi connectivity index (χ0v) is 7.93. The number of rotatable bonds is 0. The molecule has 1 aliphatic rings. The van der Waals surface area contributed by atoms with Gasteiger partial charge in [0.1, 0.15) is 5.67 Å². The maximum absolute atomic E-state index is 13.7. The van der Waals surface area contributed by atoms with Crippen LogP contribution in [0, 0.1) is 5.92 Å². The van der Waals surface area contributed by atoms with Crippen molar-refractivity contribution in [1.29, 1.82) is 0 Å². The van der Waals surface area contributed by atoms with Crippen LogP contribution in [0.2, 0.25) is 0 Å². The van der Waals surface area contributed by atoms with E-state index in [2.05, 4.69) is 0 Å². The predicted octanol–water partition coefficient (Wildman–Crippen LogP) is 1.60. The van der Waals surface area contributed by atoms with Crippen LogP contribution in [0.25, 0.3) is 0 Å². The summed E-state index contributed by atoms with van der Waals surface area (Å²) in [5.74, 6) is 0.0406. The molecule has 1 amide bonds. The van der Waals surface area contributed by atoms with Crippen molar-refractivity contribution in [2.45, 2.75) is 32.9 Å². The van der Waals surface area contributed by atoms with Crippen LogP contribution in [0.1, 0.15) is 27.2 Å². The average Bonchev–Trinajstić information content (AvgIpc) is 1.94. The quantitative estimate of drug-likeness (QED) is 0.545. The largest absolute Gasteiger partial charge is 0.340 e. The summed E-state index contributed by atoms with van der Waals surface area (Å²) >= 11 is 0. The Morgan fingerprint density at radius 2 is 2.25 bits per heavy atom. The fourth-order valence-electron chi connectivity index (χ4n) is 1.53. The molecular formula is C9H16FNO. The van der Waals surface area contributed by atoms with Crippen LogP contribution in [0.5, 0.6) is 0 Å². The zero-order valence-electron chi connectivity index (χ0n) is 7.93. The molecule has 0 aromatic heterocycles. The number of amides is 1. The molecule has 0 aliphatic carbocycles. The molecule has 0 bridgehead atoms. The fourth-order valence-corrected chi connectivity index (χ4v) is 1.53. The number of hydrogen-bond acceptors (Lipinski definition) is 1. The molecule has 2 unspecified atom stereocenters. The summed E-state index contributed by atoms with van der Waals surface area (Å²) in [6, 6.07) is 0. The van der Waals surface area contributed by atoms with Gasteiger partial charge in [0, 0.05) is 13.5 Å². The van der Waals surface area contributed by atoms with Crippen LogP contribution in [-0.2, 0) is 4.79 Å². The minimum absolute atomic E-state index is 0.0224. The summed E-state index contributed by atoms with van der Waals surface area (Å²) in [4.78, 5) is 12.5. The summed E-state index contributed by atoms with van der Waals surface area (Å²) in [5.41, 5.74) is -1.20. The van der Waals surface area contributed by atoms with Crippen LogP contribution in [0.15, 0.2) is 0 Å². The number of nitrogens with zero attached hydrogens (tertiary/aromatic N) is 1. The van der Waals surface area contributed by atoms with Gasteiger partial charge in [-0.3, -0.25) is 4.79 Å². The van der Waals surface area contributed by atoms with E-state index in [1.54, 1.807) is 11.8 Å². The van der Waals surface area contributed by atoms with Crippen LogP contribution in [-0.4, -0.2) is 29.6 Å². The maximum Gasteiger partial charge on any atom is 0.219 e. The molecule has 2 nitrogen and oxygen atoms in total. The van der Waals surface area contributed by atoms with Gasteiger partial charge in [-0.15, -0.1) is 0 Å². The molecule has 70 valence electrons. The number of carbonyl (C=O) groups is 1. The average molecular weight is 173 g/mol. The molecule has 1 heterocycles. The van der Waals surface area contributed by atoms with Crippen molar-refractivity contribution in [2.24, 2.45) is 5.92 Å². The van der Waals surface area contributed by atoms with Crippen molar-refractivity contribution in [3.05, 3.63) is 0 Å². The number of carbonyl (C=O) groups excluding carboxylic acids is 1. The van der Waals surface area contributed by atoms with Crippen molar-refractivity contribution in [3.8, 4) is 0 Å². The number of hydrogen-bond donors (Lipinski definition) is 0. The summed E-state index contributed by atoms with van der Waals surface area (Å²) in [6.07, 6.45) is 0.770. The van der Waals surface area contributed by atoms with Crippen molar-refractivity contribution in [3.63, 3.8) is 0 Å². The molecule has 0 aromatic carbocycles. The first kappa shape index (κ1) is 9.49. The van der Waals surface area contributed by atoms with Gasteiger partial charge in [0.25, 0.3) is 0 Å². The second-order valence-electron chi connectivity index (χ2n) is 3.91. The molecule has 0 saturated carbocycles. The number of likely N-dealkylation sites (tertiary alicyclic amines) is 1. The van der Waals surface area contributed by atoms with Gasteiger partial charge in [0.05, 0.1) is 6.54 Å². The standard InChI is InChI=1S/C9H16FNO/c1-7-4-5-11(8(2)12)6-9(7,3)10/h7H,4-6H2,1-3H3. The van der Waals surface area contributed by atoms with Gasteiger partial charge >= 0.3 is 0 Å². The van der Waals surface area contributed by atoms with Crippen LogP contribution >= 0.6 is 0 Å². The van der Waals surface area contributed by atoms with Crippen molar-refractivity contribution >= 4 is 5.91 Å². The minimum atomic E-state index is -1.20. The van der Waals surface area contributed by atoms with E-state index in [-0.39, 0.29) is 18.4 Å². The molecule has 1 fully saturated rings. The molecule has 0 N–H and O–H groups in total. The molecule has 0 radical (unpaired) electrons. The number of alkyl halides is 1. The lowest BCUT2D eigenvalue weighted by molar-refractivity contribution is -0.134. The molecule has 0 spiro atoms. The fraction of sp³-hybridized carbons (Fsp3) is 0.889. The Bertz CT molecular complexity index is 191. The monoisotopic (exact) mass is 173 g/mol. The molecule has 12 heavy (non-hydrogen) atoms. The van der Waals surface area contributed by atoms with E-state index in [0.29, 0.717) is 6.54 Å². The van der Waals surface area contributed by atoms with E-state index < -0.39 is 5.67 Å². The highest BCUT2D eigenvalue weighted by Crippen LogP contribution is 2.30. The summed E-state index contributed by atoms with van der Waals surface area (Å²) in [5, 5.41) is 0. The SMILES string of the molecule is CC(=O)N1CCC(C)C(C)(F)C1. The molecule has 1 rings (SSSR count). The first-order valence-electron chi connectivity index (χ1n) is 4.38. The molecule has 0 aromatic rings. The Labute approximate surface area is 72.7 Å². The van der Waals surface area contributed by atoms with Crippen LogP contribution < -0.4 is 0 Å². The van der Waals surface area contributed by atoms with E-state index in [9.17, 15) is 9.18 Å². The van der Waals surface area contributed by atoms with E-state index in [0.717, 1.165) is 6.42 Å². The van der Waals surface area contributed by atoms with Gasteiger partial charge in [-0.1, -0.05) is 6.92 Å². The maximum atomic E-state index is 13.7. The first-order chi connectivity index (χ1) is 5.43. The van der Waals surface area contributed by atoms with Gasteiger partial charge in [-0.25, -0.2) is 4.39 Å². The minimum Gasteiger partial charge on any atom is -0.340 e. The third-order valence-corrected chi connectivity index (χ3v) is 2.80. The molecule has 2 atom stereocenters. The van der Waals surface area contributed by atoms with Crippen LogP contribution in [0.4, 0.5) is 4.39 Å². The first-order valence-corrected chi connectivity index (χ1v) is 4.38. The zero-order chi connectivity index (χ0) is 9.35. The lowest BCUT2D eigenvalue weighted by Crippen LogP contribution is -2.49. The van der Waals surface area contributed by atoms with Crippen LogP contribution in [0.3, 0.4) is 0 Å². The Balaban J connectivity index is 2.63. The molecule has 1 aliphatic heterocycles. The second-order valence-corrected chi connectivity index (χ2v) is 3.91. The van der Waals surface area contributed by atoms with Gasteiger partial charge in [-0.2, -0.15) is 0 Å². The van der Waals surface area contributed by atoms with Crippen molar-refractivity contribution < 1.29 is 9.18 Å². The highest BCUT2D eigenvalue weighted by atomic mass is 19.1. The third-order valence-electron chi connectivity index (χ3n) is 2.80. The van der Waals surface area contributed by atoms with E-state index >= 15 is 0 Å².